The number of aryl methyl sites for hydroxylation is 1. The maximum Gasteiger partial charge on any atom is 0.161 e. The van der Waals surface area contributed by atoms with Gasteiger partial charge in [0.05, 0.1) is 0 Å². The molecule has 3 rings (SSSR count). The Kier molecular flexibility index (Phi) is 5.92. The molecule has 0 aliphatic heterocycles. The van der Waals surface area contributed by atoms with Gasteiger partial charge in [-0.15, -0.1) is 0 Å². The Labute approximate surface area is 155 Å². The number of hydrogen-bond acceptors (Lipinski definition) is 5. The number of rotatable bonds is 7. The van der Waals surface area contributed by atoms with Gasteiger partial charge in [0.2, 0.25) is 0 Å². The Balaban J connectivity index is 1.79. The Hall–Kier alpha value is -2.79. The lowest BCUT2D eigenvalue weighted by Gasteiger charge is -2.11. The summed E-state index contributed by atoms with van der Waals surface area (Å²) in [5.74, 6) is 1.53. The first-order valence-electron chi connectivity index (χ1n) is 8.93. The highest BCUT2D eigenvalue weighted by Crippen LogP contribution is 2.21. The molecule has 0 spiro atoms. The van der Waals surface area contributed by atoms with Gasteiger partial charge in [0, 0.05) is 41.9 Å². The number of benzene rings is 1. The van der Waals surface area contributed by atoms with Crippen molar-refractivity contribution in [3.63, 3.8) is 0 Å². The predicted octanol–water partition coefficient (Wildman–Crippen LogP) is 3.95. The summed E-state index contributed by atoms with van der Waals surface area (Å²) in [5, 5.41) is 3.40. The number of hydrogen-bond donors (Lipinski definition) is 1. The molecule has 2 heterocycles. The monoisotopic (exact) mass is 347 g/mol. The molecule has 0 atom stereocenters. The molecule has 0 amide bonds. The summed E-state index contributed by atoms with van der Waals surface area (Å²) in [5.41, 5.74) is 4.34. The summed E-state index contributed by atoms with van der Waals surface area (Å²) in [6.07, 6.45) is 5.43. The molecule has 2 aromatic heterocycles. The van der Waals surface area contributed by atoms with Gasteiger partial charge in [-0.25, -0.2) is 9.97 Å². The molecule has 0 fully saturated rings. The first-order chi connectivity index (χ1) is 12.6. The van der Waals surface area contributed by atoms with Crippen LogP contribution in [0.15, 0.2) is 54.9 Å². The molecule has 1 aromatic carbocycles. The van der Waals surface area contributed by atoms with Crippen molar-refractivity contribution in [2.45, 2.75) is 19.8 Å². The molecule has 0 aliphatic carbocycles. The van der Waals surface area contributed by atoms with Gasteiger partial charge in [-0.1, -0.05) is 19.1 Å². The van der Waals surface area contributed by atoms with Crippen LogP contribution in [0.4, 0.5) is 11.5 Å². The van der Waals surface area contributed by atoms with Crippen LogP contribution in [0.3, 0.4) is 0 Å². The normalized spacial score (nSPS) is 10.9. The number of aromatic nitrogens is 3. The summed E-state index contributed by atoms with van der Waals surface area (Å²) in [4.78, 5) is 15.6. The minimum Gasteiger partial charge on any atom is -0.340 e. The van der Waals surface area contributed by atoms with Crippen LogP contribution in [0.1, 0.15) is 18.2 Å². The highest BCUT2D eigenvalue weighted by molar-refractivity contribution is 5.61. The van der Waals surface area contributed by atoms with E-state index in [2.05, 4.69) is 70.5 Å². The van der Waals surface area contributed by atoms with Gasteiger partial charge in [-0.05, 0) is 56.8 Å². The number of nitrogens with one attached hydrogen (secondary N) is 1. The van der Waals surface area contributed by atoms with E-state index in [0.717, 1.165) is 48.0 Å². The Bertz CT molecular complexity index is 829. The molecule has 0 bridgehead atoms. The van der Waals surface area contributed by atoms with Crippen LogP contribution < -0.4 is 5.32 Å². The quantitative estimate of drug-likeness (QED) is 0.701. The van der Waals surface area contributed by atoms with E-state index >= 15 is 0 Å². The lowest BCUT2D eigenvalue weighted by Crippen LogP contribution is -2.14. The van der Waals surface area contributed by atoms with Gasteiger partial charge in [0.15, 0.2) is 5.82 Å². The van der Waals surface area contributed by atoms with Crippen molar-refractivity contribution in [3.8, 4) is 11.4 Å². The lowest BCUT2D eigenvalue weighted by molar-refractivity contribution is 0.413. The van der Waals surface area contributed by atoms with Gasteiger partial charge in [-0.2, -0.15) is 0 Å². The van der Waals surface area contributed by atoms with Crippen LogP contribution in [-0.2, 0) is 12.8 Å². The van der Waals surface area contributed by atoms with Crippen LogP contribution in [-0.4, -0.2) is 40.5 Å². The maximum absolute atomic E-state index is 4.67. The average Bonchev–Trinajstić information content (AvgIpc) is 2.68. The second kappa shape index (κ2) is 8.54. The molecule has 0 aliphatic rings. The van der Waals surface area contributed by atoms with E-state index < -0.39 is 0 Å². The molecule has 0 saturated heterocycles. The zero-order valence-electron chi connectivity index (χ0n) is 15.6. The zero-order chi connectivity index (χ0) is 18.4. The van der Waals surface area contributed by atoms with Crippen LogP contribution in [0.5, 0.6) is 0 Å². The maximum atomic E-state index is 4.67. The third kappa shape index (κ3) is 4.86. The lowest BCUT2D eigenvalue weighted by atomic mass is 10.1. The van der Waals surface area contributed by atoms with Crippen LogP contribution in [0, 0.1) is 0 Å². The standard InChI is InChI=1S/C21H25N5/c1-4-18-15-20(25-21(24-18)17-9-12-22-13-10-17)23-19-7-5-16(6-8-19)11-14-26(2)3/h5-10,12-13,15H,4,11,14H2,1-3H3,(H,23,24,25). The number of anilines is 2. The summed E-state index contributed by atoms with van der Waals surface area (Å²) in [6.45, 7) is 3.15. The molecule has 3 aromatic rings. The van der Waals surface area contributed by atoms with Gasteiger partial charge < -0.3 is 10.2 Å². The molecule has 0 unspecified atom stereocenters. The first-order valence-corrected chi connectivity index (χ1v) is 8.93. The smallest absolute Gasteiger partial charge is 0.161 e. The van der Waals surface area contributed by atoms with Crippen molar-refractivity contribution in [3.05, 3.63) is 66.1 Å². The Morgan fingerprint density at radius 3 is 2.35 bits per heavy atom. The topological polar surface area (TPSA) is 53.9 Å². The van der Waals surface area contributed by atoms with Gasteiger partial charge in [0.25, 0.3) is 0 Å². The molecule has 26 heavy (non-hydrogen) atoms. The zero-order valence-corrected chi connectivity index (χ0v) is 15.6. The number of likely N-dealkylation sites (N-methyl/N-ethyl adjacent to an activating group) is 1. The largest absolute Gasteiger partial charge is 0.340 e. The van der Waals surface area contributed by atoms with Crippen LogP contribution in [0.2, 0.25) is 0 Å². The summed E-state index contributed by atoms with van der Waals surface area (Å²) >= 11 is 0. The third-order valence-electron chi connectivity index (χ3n) is 4.15. The van der Waals surface area contributed by atoms with E-state index in [9.17, 15) is 0 Å². The SMILES string of the molecule is CCc1cc(Nc2ccc(CCN(C)C)cc2)nc(-c2ccncc2)n1. The second-order valence-electron chi connectivity index (χ2n) is 6.53. The number of nitrogens with zero attached hydrogens (tertiary/aromatic N) is 4. The van der Waals surface area contributed by atoms with Crippen molar-refractivity contribution < 1.29 is 0 Å². The van der Waals surface area contributed by atoms with E-state index in [1.807, 2.05) is 18.2 Å². The van der Waals surface area contributed by atoms with E-state index in [1.54, 1.807) is 12.4 Å². The van der Waals surface area contributed by atoms with E-state index in [1.165, 1.54) is 5.56 Å². The van der Waals surface area contributed by atoms with Crippen molar-refractivity contribution in [1.29, 1.82) is 0 Å². The average molecular weight is 347 g/mol. The van der Waals surface area contributed by atoms with Gasteiger partial charge in [-0.3, -0.25) is 4.98 Å². The summed E-state index contributed by atoms with van der Waals surface area (Å²) in [6, 6.07) is 14.4. The van der Waals surface area contributed by atoms with Crippen LogP contribution in [0.25, 0.3) is 11.4 Å². The third-order valence-corrected chi connectivity index (χ3v) is 4.15. The van der Waals surface area contributed by atoms with E-state index in [0.29, 0.717) is 0 Å². The fraction of sp³-hybridized carbons (Fsp3) is 0.286. The van der Waals surface area contributed by atoms with Gasteiger partial charge >= 0.3 is 0 Å². The summed E-state index contributed by atoms with van der Waals surface area (Å²) in [7, 11) is 4.19. The molecule has 0 radical (unpaired) electrons. The van der Waals surface area contributed by atoms with Crippen LogP contribution >= 0.6 is 0 Å². The highest BCUT2D eigenvalue weighted by atomic mass is 15.0. The first kappa shape index (κ1) is 18.0. The molecule has 5 nitrogen and oxygen atoms in total. The molecule has 5 heteroatoms. The fourth-order valence-electron chi connectivity index (χ4n) is 2.63. The Morgan fingerprint density at radius 1 is 0.962 bits per heavy atom. The highest BCUT2D eigenvalue weighted by Gasteiger charge is 2.07. The molecular weight excluding hydrogens is 322 g/mol. The molecule has 0 saturated carbocycles. The van der Waals surface area contributed by atoms with Gasteiger partial charge in [0.1, 0.15) is 5.82 Å². The Morgan fingerprint density at radius 2 is 1.69 bits per heavy atom. The second-order valence-corrected chi connectivity index (χ2v) is 6.53. The predicted molar refractivity (Wildman–Crippen MR) is 107 cm³/mol. The fourth-order valence-corrected chi connectivity index (χ4v) is 2.63. The summed E-state index contributed by atoms with van der Waals surface area (Å²) < 4.78 is 0. The minimum atomic E-state index is 0.719. The molecule has 134 valence electrons. The molecular formula is C21H25N5. The van der Waals surface area contributed by atoms with Crippen molar-refractivity contribution >= 4 is 11.5 Å². The van der Waals surface area contributed by atoms with Crippen molar-refractivity contribution in [1.82, 2.24) is 19.9 Å². The van der Waals surface area contributed by atoms with E-state index in [4.69, 9.17) is 0 Å². The number of pyridine rings is 1. The molecule has 1 N–H and O–H groups in total. The van der Waals surface area contributed by atoms with Crippen molar-refractivity contribution in [2.75, 3.05) is 26.0 Å². The van der Waals surface area contributed by atoms with Crippen molar-refractivity contribution in [2.24, 2.45) is 0 Å². The minimum absolute atomic E-state index is 0.719. The van der Waals surface area contributed by atoms with E-state index in [-0.39, 0.29) is 0 Å².